The SMILES string of the molecule is COc1cccc(-c2cc(C(=O)Nc3ccc(-c4ccc(OC5CCNCC5)cc4)cc3)ccc2O)c1. The van der Waals surface area contributed by atoms with E-state index in [1.165, 1.54) is 6.07 Å². The standard InChI is InChI=1S/C31H30N2O4/c1-36-28-4-2-3-23(19-28)29-20-24(9-14-30(29)34)31(35)33-25-10-5-21(6-11-25)22-7-12-26(13-8-22)37-27-15-17-32-18-16-27/h2-14,19-20,27,32,34H,15-18H2,1H3,(H,33,35). The number of anilines is 1. The molecule has 6 nitrogen and oxygen atoms in total. The summed E-state index contributed by atoms with van der Waals surface area (Å²) in [5, 5.41) is 16.7. The molecular formula is C31H30N2O4. The summed E-state index contributed by atoms with van der Waals surface area (Å²) in [4.78, 5) is 13.0. The van der Waals surface area contributed by atoms with Crippen LogP contribution in [0.4, 0.5) is 5.69 Å². The van der Waals surface area contributed by atoms with Crippen molar-refractivity contribution in [3.63, 3.8) is 0 Å². The minimum Gasteiger partial charge on any atom is -0.507 e. The van der Waals surface area contributed by atoms with E-state index in [1.807, 2.05) is 60.7 Å². The van der Waals surface area contributed by atoms with Crippen molar-refractivity contribution in [1.29, 1.82) is 0 Å². The van der Waals surface area contributed by atoms with Crippen molar-refractivity contribution >= 4 is 11.6 Å². The van der Waals surface area contributed by atoms with Gasteiger partial charge in [0.05, 0.1) is 7.11 Å². The number of methoxy groups -OCH3 is 1. The van der Waals surface area contributed by atoms with Crippen LogP contribution in [0.1, 0.15) is 23.2 Å². The van der Waals surface area contributed by atoms with Crippen LogP contribution in [-0.4, -0.2) is 37.3 Å². The van der Waals surface area contributed by atoms with E-state index in [0.717, 1.165) is 48.4 Å². The third-order valence-electron chi connectivity index (χ3n) is 6.56. The number of piperidine rings is 1. The van der Waals surface area contributed by atoms with Gasteiger partial charge in [0.25, 0.3) is 5.91 Å². The lowest BCUT2D eigenvalue weighted by Gasteiger charge is -2.23. The van der Waals surface area contributed by atoms with Crippen molar-refractivity contribution in [2.45, 2.75) is 18.9 Å². The fourth-order valence-corrected chi connectivity index (χ4v) is 4.48. The molecule has 37 heavy (non-hydrogen) atoms. The molecule has 1 heterocycles. The number of hydrogen-bond acceptors (Lipinski definition) is 5. The fourth-order valence-electron chi connectivity index (χ4n) is 4.48. The van der Waals surface area contributed by atoms with Gasteiger partial charge in [0, 0.05) is 16.8 Å². The maximum atomic E-state index is 13.0. The molecule has 0 unspecified atom stereocenters. The Hall–Kier alpha value is -4.29. The number of ether oxygens (including phenoxy) is 2. The Balaban J connectivity index is 1.25. The lowest BCUT2D eigenvalue weighted by Crippen LogP contribution is -2.34. The van der Waals surface area contributed by atoms with Crippen LogP contribution >= 0.6 is 0 Å². The van der Waals surface area contributed by atoms with E-state index in [1.54, 1.807) is 19.2 Å². The zero-order valence-electron chi connectivity index (χ0n) is 20.7. The summed E-state index contributed by atoms with van der Waals surface area (Å²) in [6, 6.07) is 28.1. The van der Waals surface area contributed by atoms with Gasteiger partial charge in [-0.2, -0.15) is 0 Å². The Kier molecular flexibility index (Phi) is 7.38. The molecular weight excluding hydrogens is 464 g/mol. The maximum Gasteiger partial charge on any atom is 0.255 e. The molecule has 3 N–H and O–H groups in total. The second-order valence-electron chi connectivity index (χ2n) is 9.09. The van der Waals surface area contributed by atoms with Gasteiger partial charge in [-0.1, -0.05) is 36.4 Å². The number of aromatic hydroxyl groups is 1. The molecule has 1 fully saturated rings. The molecule has 1 amide bonds. The largest absolute Gasteiger partial charge is 0.507 e. The van der Waals surface area contributed by atoms with Gasteiger partial charge in [0.2, 0.25) is 0 Å². The van der Waals surface area contributed by atoms with Gasteiger partial charge in [-0.15, -0.1) is 0 Å². The summed E-state index contributed by atoms with van der Waals surface area (Å²) in [6.07, 6.45) is 2.33. The van der Waals surface area contributed by atoms with Crippen LogP contribution in [0, 0.1) is 0 Å². The number of phenols is 1. The first-order chi connectivity index (χ1) is 18.1. The average Bonchev–Trinajstić information content (AvgIpc) is 2.95. The first kappa shape index (κ1) is 24.4. The van der Waals surface area contributed by atoms with Crippen LogP contribution in [0.2, 0.25) is 0 Å². The molecule has 1 saturated heterocycles. The van der Waals surface area contributed by atoms with E-state index < -0.39 is 0 Å². The molecule has 0 saturated carbocycles. The van der Waals surface area contributed by atoms with Crippen molar-refractivity contribution in [2.24, 2.45) is 0 Å². The molecule has 4 aromatic rings. The number of phenolic OH excluding ortho intramolecular Hbond substituents is 1. The first-order valence-corrected chi connectivity index (χ1v) is 12.5. The molecule has 6 heteroatoms. The molecule has 0 atom stereocenters. The molecule has 0 spiro atoms. The van der Waals surface area contributed by atoms with E-state index in [-0.39, 0.29) is 17.8 Å². The molecule has 1 aliphatic heterocycles. The summed E-state index contributed by atoms with van der Waals surface area (Å²) < 4.78 is 11.4. The van der Waals surface area contributed by atoms with E-state index in [2.05, 4.69) is 22.8 Å². The van der Waals surface area contributed by atoms with E-state index >= 15 is 0 Å². The number of amides is 1. The summed E-state index contributed by atoms with van der Waals surface area (Å²) >= 11 is 0. The number of rotatable bonds is 7. The summed E-state index contributed by atoms with van der Waals surface area (Å²) in [5.74, 6) is 1.41. The molecule has 0 radical (unpaired) electrons. The van der Waals surface area contributed by atoms with Gasteiger partial charge in [0.15, 0.2) is 0 Å². The van der Waals surface area contributed by atoms with Gasteiger partial charge in [-0.25, -0.2) is 0 Å². The van der Waals surface area contributed by atoms with Crippen molar-refractivity contribution in [1.82, 2.24) is 5.32 Å². The fraction of sp³-hybridized carbons (Fsp3) is 0.194. The van der Waals surface area contributed by atoms with Crippen molar-refractivity contribution in [3.05, 3.63) is 96.6 Å². The Labute approximate surface area is 216 Å². The molecule has 4 aromatic carbocycles. The molecule has 0 aliphatic carbocycles. The second kappa shape index (κ2) is 11.2. The van der Waals surface area contributed by atoms with Crippen molar-refractivity contribution < 1.29 is 19.4 Å². The number of carbonyl (C=O) groups excluding carboxylic acids is 1. The monoisotopic (exact) mass is 494 g/mol. The van der Waals surface area contributed by atoms with Gasteiger partial charge >= 0.3 is 0 Å². The van der Waals surface area contributed by atoms with Crippen LogP contribution in [0.25, 0.3) is 22.3 Å². The second-order valence-corrected chi connectivity index (χ2v) is 9.09. The Morgan fingerprint density at radius 2 is 1.54 bits per heavy atom. The number of hydrogen-bond donors (Lipinski definition) is 3. The van der Waals surface area contributed by atoms with Crippen LogP contribution in [-0.2, 0) is 0 Å². The maximum absolute atomic E-state index is 13.0. The van der Waals surface area contributed by atoms with Crippen LogP contribution in [0.15, 0.2) is 91.0 Å². The highest BCUT2D eigenvalue weighted by Gasteiger charge is 2.15. The van der Waals surface area contributed by atoms with E-state index in [0.29, 0.717) is 22.6 Å². The molecule has 0 aromatic heterocycles. The summed E-state index contributed by atoms with van der Waals surface area (Å²) in [5.41, 5.74) is 4.60. The lowest BCUT2D eigenvalue weighted by atomic mass is 10.0. The van der Waals surface area contributed by atoms with Gasteiger partial charge in [0.1, 0.15) is 23.4 Å². The highest BCUT2D eigenvalue weighted by atomic mass is 16.5. The molecule has 5 rings (SSSR count). The molecule has 0 bridgehead atoms. The molecule has 188 valence electrons. The number of carbonyl (C=O) groups is 1. The van der Waals surface area contributed by atoms with E-state index in [9.17, 15) is 9.90 Å². The smallest absolute Gasteiger partial charge is 0.255 e. The third kappa shape index (κ3) is 5.93. The quantitative estimate of drug-likeness (QED) is 0.289. The minimum absolute atomic E-state index is 0.0984. The van der Waals surface area contributed by atoms with Crippen molar-refractivity contribution in [3.8, 4) is 39.5 Å². The third-order valence-corrected chi connectivity index (χ3v) is 6.56. The van der Waals surface area contributed by atoms with Gasteiger partial charge in [-0.3, -0.25) is 4.79 Å². The number of nitrogens with one attached hydrogen (secondary N) is 2. The topological polar surface area (TPSA) is 79.8 Å². The highest BCUT2D eigenvalue weighted by molar-refractivity contribution is 6.05. The summed E-state index contributed by atoms with van der Waals surface area (Å²) in [6.45, 7) is 2.00. The zero-order chi connectivity index (χ0) is 25.6. The van der Waals surface area contributed by atoms with Crippen molar-refractivity contribution in [2.75, 3.05) is 25.5 Å². The predicted molar refractivity (Wildman–Crippen MR) is 146 cm³/mol. The van der Waals surface area contributed by atoms with Gasteiger partial charge in [-0.05, 0) is 97.2 Å². The van der Waals surface area contributed by atoms with Gasteiger partial charge < -0.3 is 25.2 Å². The molecule has 1 aliphatic rings. The summed E-state index contributed by atoms with van der Waals surface area (Å²) in [7, 11) is 1.59. The van der Waals surface area contributed by atoms with Crippen LogP contribution < -0.4 is 20.1 Å². The Morgan fingerprint density at radius 3 is 2.24 bits per heavy atom. The predicted octanol–water partition coefficient (Wildman–Crippen LogP) is 6.12. The minimum atomic E-state index is -0.253. The van der Waals surface area contributed by atoms with Crippen LogP contribution in [0.3, 0.4) is 0 Å². The van der Waals surface area contributed by atoms with Crippen LogP contribution in [0.5, 0.6) is 17.2 Å². The lowest BCUT2D eigenvalue weighted by molar-refractivity contribution is 0.102. The number of benzene rings is 4. The normalized spacial score (nSPS) is 13.6. The van der Waals surface area contributed by atoms with E-state index in [4.69, 9.17) is 9.47 Å². The Morgan fingerprint density at radius 1 is 0.838 bits per heavy atom. The Bertz CT molecular complexity index is 1360. The highest BCUT2D eigenvalue weighted by Crippen LogP contribution is 2.32. The zero-order valence-corrected chi connectivity index (χ0v) is 20.7. The average molecular weight is 495 g/mol. The first-order valence-electron chi connectivity index (χ1n) is 12.5.